The van der Waals surface area contributed by atoms with E-state index in [2.05, 4.69) is 16.7 Å². The number of amides is 3. The van der Waals surface area contributed by atoms with Gasteiger partial charge in [-0.3, -0.25) is 4.79 Å². The van der Waals surface area contributed by atoms with E-state index in [1.54, 1.807) is 0 Å². The Morgan fingerprint density at radius 2 is 1.81 bits per heavy atom. The van der Waals surface area contributed by atoms with Crippen molar-refractivity contribution in [3.05, 3.63) is 59.7 Å². The van der Waals surface area contributed by atoms with Gasteiger partial charge in [0, 0.05) is 24.5 Å². The first-order valence-corrected chi connectivity index (χ1v) is 9.05. The summed E-state index contributed by atoms with van der Waals surface area (Å²) in [5.41, 5.74) is 3.91. The van der Waals surface area contributed by atoms with Crippen molar-refractivity contribution in [1.82, 2.24) is 5.32 Å². The van der Waals surface area contributed by atoms with Crippen LogP contribution in [0, 0.1) is 5.92 Å². The van der Waals surface area contributed by atoms with Crippen LogP contribution in [0.15, 0.2) is 48.5 Å². The molecule has 2 aromatic carbocycles. The van der Waals surface area contributed by atoms with E-state index in [-0.39, 0.29) is 11.9 Å². The number of para-hydroxylation sites is 1. The van der Waals surface area contributed by atoms with Crippen LogP contribution in [-0.2, 0) is 17.6 Å². The van der Waals surface area contributed by atoms with Crippen LogP contribution < -0.4 is 15.5 Å². The average molecular weight is 351 g/mol. The maximum atomic E-state index is 12.6. The predicted octanol–water partition coefficient (Wildman–Crippen LogP) is 3.60. The van der Waals surface area contributed by atoms with Gasteiger partial charge in [-0.25, -0.2) is 4.79 Å². The Hall–Kier alpha value is -2.82. The second kappa shape index (κ2) is 8.04. The number of carbonyl (C=O) groups is 2. The number of anilines is 2. The highest BCUT2D eigenvalue weighted by atomic mass is 16.2. The summed E-state index contributed by atoms with van der Waals surface area (Å²) >= 11 is 0. The van der Waals surface area contributed by atoms with Crippen LogP contribution in [0.2, 0.25) is 0 Å². The molecule has 0 unspecified atom stereocenters. The molecule has 2 N–H and O–H groups in total. The Balaban J connectivity index is 1.56. The van der Waals surface area contributed by atoms with Crippen molar-refractivity contribution in [3.63, 3.8) is 0 Å². The first kappa shape index (κ1) is 18.0. The number of rotatable bonds is 5. The largest absolute Gasteiger partial charge is 0.338 e. The second-order valence-electron chi connectivity index (χ2n) is 7.03. The lowest BCUT2D eigenvalue weighted by molar-refractivity contribution is -0.117. The number of hydrogen-bond donors (Lipinski definition) is 2. The summed E-state index contributed by atoms with van der Waals surface area (Å²) in [4.78, 5) is 26.3. The Bertz CT molecular complexity index is 784. The SMILES string of the molecule is CC(C)CNC(=O)Nc1ccc(CC(=O)N2CCc3ccccc32)cc1. The predicted molar refractivity (Wildman–Crippen MR) is 105 cm³/mol. The van der Waals surface area contributed by atoms with E-state index in [9.17, 15) is 9.59 Å². The maximum Gasteiger partial charge on any atom is 0.319 e. The highest BCUT2D eigenvalue weighted by Crippen LogP contribution is 2.28. The van der Waals surface area contributed by atoms with Crippen molar-refractivity contribution < 1.29 is 9.59 Å². The Kier molecular flexibility index (Phi) is 5.56. The second-order valence-corrected chi connectivity index (χ2v) is 7.03. The molecule has 0 aromatic heterocycles. The van der Waals surface area contributed by atoms with Crippen LogP contribution in [-0.4, -0.2) is 25.0 Å². The Morgan fingerprint density at radius 1 is 1.08 bits per heavy atom. The third-order valence-corrected chi connectivity index (χ3v) is 4.43. The molecule has 5 heteroatoms. The first-order chi connectivity index (χ1) is 12.5. The molecule has 1 aliphatic rings. The third-order valence-electron chi connectivity index (χ3n) is 4.43. The fraction of sp³-hybridized carbons (Fsp3) is 0.333. The van der Waals surface area contributed by atoms with Gasteiger partial charge in [0.05, 0.1) is 6.42 Å². The number of nitrogens with zero attached hydrogens (tertiary/aromatic N) is 1. The van der Waals surface area contributed by atoms with Gasteiger partial charge in [-0.1, -0.05) is 44.2 Å². The molecule has 0 aliphatic carbocycles. The molecule has 1 aliphatic heterocycles. The molecule has 1 heterocycles. The number of fused-ring (bicyclic) bond motifs is 1. The lowest BCUT2D eigenvalue weighted by Crippen LogP contribution is -2.31. The van der Waals surface area contributed by atoms with E-state index in [0.717, 1.165) is 24.2 Å². The molecule has 3 rings (SSSR count). The highest BCUT2D eigenvalue weighted by molar-refractivity contribution is 5.96. The van der Waals surface area contributed by atoms with Gasteiger partial charge < -0.3 is 15.5 Å². The fourth-order valence-corrected chi connectivity index (χ4v) is 3.05. The summed E-state index contributed by atoms with van der Waals surface area (Å²) in [7, 11) is 0. The van der Waals surface area contributed by atoms with Crippen molar-refractivity contribution in [2.75, 3.05) is 23.3 Å². The molecule has 0 fully saturated rings. The fourth-order valence-electron chi connectivity index (χ4n) is 3.05. The molecule has 0 saturated heterocycles. The smallest absolute Gasteiger partial charge is 0.319 e. The number of nitrogens with one attached hydrogen (secondary N) is 2. The number of urea groups is 1. The average Bonchev–Trinajstić information content (AvgIpc) is 3.06. The summed E-state index contributed by atoms with van der Waals surface area (Å²) in [5.74, 6) is 0.509. The quantitative estimate of drug-likeness (QED) is 0.865. The van der Waals surface area contributed by atoms with E-state index in [1.165, 1.54) is 5.56 Å². The molecular formula is C21H25N3O2. The summed E-state index contributed by atoms with van der Waals surface area (Å²) in [6.07, 6.45) is 1.27. The van der Waals surface area contributed by atoms with E-state index < -0.39 is 0 Å². The van der Waals surface area contributed by atoms with Crippen LogP contribution in [0.25, 0.3) is 0 Å². The summed E-state index contributed by atoms with van der Waals surface area (Å²) in [6.45, 7) is 5.47. The molecule has 136 valence electrons. The number of hydrogen-bond acceptors (Lipinski definition) is 2. The van der Waals surface area contributed by atoms with Gasteiger partial charge in [0.1, 0.15) is 0 Å². The standard InChI is InChI=1S/C21H25N3O2/c1-15(2)14-22-21(26)23-18-9-7-16(8-10-18)13-20(25)24-12-11-17-5-3-4-6-19(17)24/h3-10,15H,11-14H2,1-2H3,(H2,22,23,26). The van der Waals surface area contributed by atoms with E-state index in [1.807, 2.05) is 61.2 Å². The summed E-state index contributed by atoms with van der Waals surface area (Å²) < 4.78 is 0. The molecule has 2 aromatic rings. The van der Waals surface area contributed by atoms with Gasteiger partial charge in [0.15, 0.2) is 0 Å². The molecule has 0 radical (unpaired) electrons. The van der Waals surface area contributed by atoms with Crippen molar-refractivity contribution in [2.24, 2.45) is 5.92 Å². The van der Waals surface area contributed by atoms with Gasteiger partial charge >= 0.3 is 6.03 Å². The number of benzene rings is 2. The van der Waals surface area contributed by atoms with Crippen molar-refractivity contribution >= 4 is 23.3 Å². The molecule has 5 nitrogen and oxygen atoms in total. The van der Waals surface area contributed by atoms with Gasteiger partial charge in [0.2, 0.25) is 5.91 Å². The normalized spacial score (nSPS) is 12.8. The van der Waals surface area contributed by atoms with Crippen LogP contribution in [0.4, 0.5) is 16.2 Å². The molecule has 0 atom stereocenters. The topological polar surface area (TPSA) is 61.4 Å². The monoisotopic (exact) mass is 351 g/mol. The first-order valence-electron chi connectivity index (χ1n) is 9.05. The third kappa shape index (κ3) is 4.42. The minimum absolute atomic E-state index is 0.102. The maximum absolute atomic E-state index is 12.6. The lowest BCUT2D eigenvalue weighted by atomic mass is 10.1. The van der Waals surface area contributed by atoms with E-state index >= 15 is 0 Å². The van der Waals surface area contributed by atoms with Gasteiger partial charge in [-0.2, -0.15) is 0 Å². The zero-order chi connectivity index (χ0) is 18.5. The molecule has 0 saturated carbocycles. The molecular weight excluding hydrogens is 326 g/mol. The van der Waals surface area contributed by atoms with Crippen molar-refractivity contribution in [3.8, 4) is 0 Å². The highest BCUT2D eigenvalue weighted by Gasteiger charge is 2.23. The minimum atomic E-state index is -0.212. The lowest BCUT2D eigenvalue weighted by Gasteiger charge is -2.17. The zero-order valence-electron chi connectivity index (χ0n) is 15.3. The molecule has 3 amide bonds. The molecule has 0 bridgehead atoms. The Morgan fingerprint density at radius 3 is 2.54 bits per heavy atom. The molecule has 26 heavy (non-hydrogen) atoms. The van der Waals surface area contributed by atoms with Gasteiger partial charge in [0.25, 0.3) is 0 Å². The van der Waals surface area contributed by atoms with Crippen LogP contribution >= 0.6 is 0 Å². The minimum Gasteiger partial charge on any atom is -0.338 e. The summed E-state index contributed by atoms with van der Waals surface area (Å²) in [5, 5.41) is 5.61. The van der Waals surface area contributed by atoms with Gasteiger partial charge in [-0.15, -0.1) is 0 Å². The van der Waals surface area contributed by atoms with Crippen molar-refractivity contribution in [1.29, 1.82) is 0 Å². The van der Waals surface area contributed by atoms with E-state index in [4.69, 9.17) is 0 Å². The Labute approximate surface area is 154 Å². The van der Waals surface area contributed by atoms with Crippen LogP contribution in [0.3, 0.4) is 0 Å². The number of carbonyl (C=O) groups excluding carboxylic acids is 2. The van der Waals surface area contributed by atoms with Crippen LogP contribution in [0.1, 0.15) is 25.0 Å². The van der Waals surface area contributed by atoms with Crippen molar-refractivity contribution in [2.45, 2.75) is 26.7 Å². The van der Waals surface area contributed by atoms with Gasteiger partial charge in [-0.05, 0) is 41.7 Å². The zero-order valence-corrected chi connectivity index (χ0v) is 15.3. The molecule has 0 spiro atoms. The van der Waals surface area contributed by atoms with Crippen LogP contribution in [0.5, 0.6) is 0 Å². The van der Waals surface area contributed by atoms with E-state index in [0.29, 0.717) is 24.6 Å². The summed E-state index contributed by atoms with van der Waals surface area (Å²) in [6, 6.07) is 15.3.